The number of aliphatic hydroxyl groups is 1. The first-order valence-electron chi connectivity index (χ1n) is 6.97. The summed E-state index contributed by atoms with van der Waals surface area (Å²) in [5.74, 6) is -0.253. The number of halogens is 3. The number of benzene rings is 1. The van der Waals surface area contributed by atoms with Gasteiger partial charge in [0.15, 0.2) is 0 Å². The Morgan fingerprint density at radius 2 is 2.00 bits per heavy atom. The lowest BCUT2D eigenvalue weighted by Gasteiger charge is -2.43. The predicted octanol–water partition coefficient (Wildman–Crippen LogP) is 2.97. The molecule has 1 fully saturated rings. The summed E-state index contributed by atoms with van der Waals surface area (Å²) in [7, 11) is 0. The van der Waals surface area contributed by atoms with Gasteiger partial charge in [0, 0.05) is 44.2 Å². The van der Waals surface area contributed by atoms with Crippen LogP contribution in [0.25, 0.3) is 0 Å². The summed E-state index contributed by atoms with van der Waals surface area (Å²) in [5, 5.41) is 13.1. The Balaban J connectivity index is 0.00000220. The summed E-state index contributed by atoms with van der Waals surface area (Å²) < 4.78 is 14.4. The Morgan fingerprint density at radius 3 is 2.57 bits per heavy atom. The van der Waals surface area contributed by atoms with E-state index in [4.69, 9.17) is 0 Å². The van der Waals surface area contributed by atoms with Crippen LogP contribution in [-0.4, -0.2) is 42.8 Å². The number of piperazine rings is 1. The molecule has 0 unspecified atom stereocenters. The van der Waals surface area contributed by atoms with Gasteiger partial charge in [-0.2, -0.15) is 0 Å². The van der Waals surface area contributed by atoms with Crippen LogP contribution >= 0.6 is 28.3 Å². The molecule has 0 bridgehead atoms. The first-order valence-corrected chi connectivity index (χ1v) is 7.76. The van der Waals surface area contributed by atoms with E-state index in [9.17, 15) is 9.50 Å². The van der Waals surface area contributed by atoms with Gasteiger partial charge in [-0.05, 0) is 27.6 Å². The maximum Gasteiger partial charge on any atom is 0.137 e. The first-order chi connectivity index (χ1) is 9.47. The molecule has 21 heavy (non-hydrogen) atoms. The lowest BCUT2D eigenvalue weighted by molar-refractivity contribution is 0.0300. The summed E-state index contributed by atoms with van der Waals surface area (Å²) >= 11 is 3.37. The Bertz CT molecular complexity index is 467. The number of aliphatic hydroxyl groups excluding tert-OH is 1. The Kier molecular flexibility index (Phi) is 7.07. The average molecular weight is 382 g/mol. The van der Waals surface area contributed by atoms with Crippen LogP contribution in [0.4, 0.5) is 4.39 Å². The third-order valence-corrected chi connectivity index (χ3v) is 4.78. The van der Waals surface area contributed by atoms with Crippen LogP contribution in [-0.2, 0) is 0 Å². The molecule has 0 radical (unpaired) electrons. The second-order valence-electron chi connectivity index (χ2n) is 5.98. The van der Waals surface area contributed by atoms with Crippen LogP contribution in [0.5, 0.6) is 0 Å². The molecule has 0 amide bonds. The summed E-state index contributed by atoms with van der Waals surface area (Å²) in [6.45, 7) is 7.75. The molecule has 6 heteroatoms. The molecule has 1 atom stereocenters. The molecule has 1 aromatic rings. The van der Waals surface area contributed by atoms with Gasteiger partial charge in [-0.1, -0.05) is 26.0 Å². The normalized spacial score (nSPS) is 18.1. The Labute approximate surface area is 140 Å². The lowest BCUT2D eigenvalue weighted by atomic mass is 9.79. The van der Waals surface area contributed by atoms with E-state index in [0.29, 0.717) is 4.47 Å². The molecule has 2 N–H and O–H groups in total. The summed E-state index contributed by atoms with van der Waals surface area (Å²) in [6.07, 6.45) is 0. The number of nitrogens with zero attached hydrogens (tertiary/aromatic N) is 1. The molecular weight excluding hydrogens is 359 g/mol. The van der Waals surface area contributed by atoms with E-state index in [1.54, 1.807) is 6.07 Å². The van der Waals surface area contributed by atoms with Crippen LogP contribution in [0, 0.1) is 11.2 Å². The lowest BCUT2D eigenvalue weighted by Crippen LogP contribution is -2.49. The highest BCUT2D eigenvalue weighted by Crippen LogP contribution is 2.41. The van der Waals surface area contributed by atoms with Gasteiger partial charge in [0.25, 0.3) is 0 Å². The largest absolute Gasteiger partial charge is 0.396 e. The Morgan fingerprint density at radius 1 is 1.38 bits per heavy atom. The molecule has 1 saturated heterocycles. The van der Waals surface area contributed by atoms with Crippen molar-refractivity contribution < 1.29 is 9.50 Å². The average Bonchev–Trinajstić information content (AvgIpc) is 2.45. The van der Waals surface area contributed by atoms with Gasteiger partial charge in [0.2, 0.25) is 0 Å². The van der Waals surface area contributed by atoms with Crippen molar-refractivity contribution in [2.24, 2.45) is 5.41 Å². The van der Waals surface area contributed by atoms with Crippen molar-refractivity contribution in [3.05, 3.63) is 34.1 Å². The third-order valence-electron chi connectivity index (χ3n) is 3.94. The van der Waals surface area contributed by atoms with E-state index >= 15 is 0 Å². The van der Waals surface area contributed by atoms with Crippen LogP contribution < -0.4 is 5.32 Å². The van der Waals surface area contributed by atoms with Crippen molar-refractivity contribution in [2.45, 2.75) is 19.9 Å². The van der Waals surface area contributed by atoms with E-state index in [2.05, 4.69) is 26.1 Å². The summed E-state index contributed by atoms with van der Waals surface area (Å²) in [4.78, 5) is 2.33. The molecule has 3 nitrogen and oxygen atoms in total. The van der Waals surface area contributed by atoms with E-state index in [1.807, 2.05) is 19.9 Å². The van der Waals surface area contributed by atoms with Crippen LogP contribution in [0.2, 0.25) is 0 Å². The van der Waals surface area contributed by atoms with Crippen molar-refractivity contribution in [1.29, 1.82) is 0 Å². The topological polar surface area (TPSA) is 35.5 Å². The molecule has 0 spiro atoms. The van der Waals surface area contributed by atoms with Crippen molar-refractivity contribution in [1.82, 2.24) is 10.2 Å². The first kappa shape index (κ1) is 18.8. The van der Waals surface area contributed by atoms with Gasteiger partial charge in [0.1, 0.15) is 5.82 Å². The number of nitrogens with one attached hydrogen (secondary N) is 1. The fourth-order valence-electron chi connectivity index (χ4n) is 2.87. The van der Waals surface area contributed by atoms with E-state index < -0.39 is 0 Å². The van der Waals surface area contributed by atoms with Crippen molar-refractivity contribution in [3.63, 3.8) is 0 Å². The second kappa shape index (κ2) is 7.88. The standard InChI is InChI=1S/C15H22BrFN2O.ClH/c1-15(2,10-20)14(19-8-6-18-7-9-19)11-4-3-5-12(17)13(11)16;/h3-5,14,18,20H,6-10H2,1-2H3;1H/t14-;/m0./s1. The SMILES string of the molecule is CC(C)(CO)[C@H](c1cccc(F)c1Br)N1CCNCC1.Cl. The molecule has 1 aliphatic heterocycles. The molecule has 120 valence electrons. The van der Waals surface area contributed by atoms with Crippen molar-refractivity contribution >= 4 is 28.3 Å². The van der Waals surface area contributed by atoms with E-state index in [1.165, 1.54) is 6.07 Å². The monoisotopic (exact) mass is 380 g/mol. The highest BCUT2D eigenvalue weighted by molar-refractivity contribution is 9.10. The smallest absolute Gasteiger partial charge is 0.137 e. The van der Waals surface area contributed by atoms with Gasteiger partial charge in [-0.3, -0.25) is 4.90 Å². The van der Waals surface area contributed by atoms with Crippen LogP contribution in [0.1, 0.15) is 25.5 Å². The zero-order valence-electron chi connectivity index (χ0n) is 12.4. The van der Waals surface area contributed by atoms with E-state index in [0.717, 1.165) is 31.7 Å². The minimum Gasteiger partial charge on any atom is -0.396 e. The van der Waals surface area contributed by atoms with Crippen LogP contribution in [0.3, 0.4) is 0 Å². The van der Waals surface area contributed by atoms with Crippen LogP contribution in [0.15, 0.2) is 22.7 Å². The maximum atomic E-state index is 13.9. The fourth-order valence-corrected chi connectivity index (χ4v) is 3.35. The molecular formula is C15H23BrClFN2O. The quantitative estimate of drug-likeness (QED) is 0.842. The minimum atomic E-state index is -0.340. The zero-order valence-corrected chi connectivity index (χ0v) is 14.8. The summed E-state index contributed by atoms with van der Waals surface area (Å²) in [5.41, 5.74) is 0.569. The molecule has 0 aromatic heterocycles. The molecule has 1 heterocycles. The minimum absolute atomic E-state index is 0. The maximum absolute atomic E-state index is 13.9. The zero-order chi connectivity index (χ0) is 14.8. The summed E-state index contributed by atoms with van der Waals surface area (Å²) in [6, 6.07) is 5.11. The van der Waals surface area contributed by atoms with Crippen molar-refractivity contribution in [2.75, 3.05) is 32.8 Å². The third kappa shape index (κ3) is 4.17. The predicted molar refractivity (Wildman–Crippen MR) is 89.4 cm³/mol. The molecule has 0 aliphatic carbocycles. The number of rotatable bonds is 4. The molecule has 1 aromatic carbocycles. The number of hydrogen-bond donors (Lipinski definition) is 2. The molecule has 2 rings (SSSR count). The fraction of sp³-hybridized carbons (Fsp3) is 0.600. The van der Waals surface area contributed by atoms with Gasteiger partial charge in [0.05, 0.1) is 4.47 Å². The van der Waals surface area contributed by atoms with E-state index in [-0.39, 0.29) is 36.3 Å². The second-order valence-corrected chi connectivity index (χ2v) is 6.77. The molecule has 0 saturated carbocycles. The van der Waals surface area contributed by atoms with Gasteiger partial charge >= 0.3 is 0 Å². The number of hydrogen-bond acceptors (Lipinski definition) is 3. The van der Waals surface area contributed by atoms with Gasteiger partial charge < -0.3 is 10.4 Å². The van der Waals surface area contributed by atoms with Gasteiger partial charge in [-0.15, -0.1) is 12.4 Å². The highest BCUT2D eigenvalue weighted by atomic mass is 79.9. The van der Waals surface area contributed by atoms with Gasteiger partial charge in [-0.25, -0.2) is 4.39 Å². The molecule has 1 aliphatic rings. The highest BCUT2D eigenvalue weighted by Gasteiger charge is 2.37. The van der Waals surface area contributed by atoms with Crippen molar-refractivity contribution in [3.8, 4) is 0 Å². The Hall–Kier alpha value is -0.200.